The number of fused-ring (bicyclic) bond motifs is 2. The zero-order valence-corrected chi connectivity index (χ0v) is 15.6. The van der Waals surface area contributed by atoms with Crippen LogP contribution in [0.4, 0.5) is 5.82 Å². The molecule has 0 aliphatic carbocycles. The number of hydrogen-bond donors (Lipinski definition) is 0. The minimum absolute atomic E-state index is 0.307. The fourth-order valence-electron chi connectivity index (χ4n) is 4.07. The largest absolute Gasteiger partial charge is 0.481 e. The van der Waals surface area contributed by atoms with Gasteiger partial charge in [-0.25, -0.2) is 19.5 Å². The molecule has 0 unspecified atom stereocenters. The zero-order valence-electron chi connectivity index (χ0n) is 15.6. The molecule has 8 nitrogen and oxygen atoms in total. The van der Waals surface area contributed by atoms with Crippen LogP contribution in [0.25, 0.3) is 5.52 Å². The third-order valence-corrected chi connectivity index (χ3v) is 5.50. The quantitative estimate of drug-likeness (QED) is 0.700. The highest BCUT2D eigenvalue weighted by Gasteiger charge is 2.28. The Hall–Kier alpha value is -2.74. The molecule has 0 N–H and O–H groups in total. The van der Waals surface area contributed by atoms with E-state index in [0.717, 1.165) is 55.4 Å². The van der Waals surface area contributed by atoms with Gasteiger partial charge in [0.2, 0.25) is 5.88 Å². The minimum atomic E-state index is 0.307. The van der Waals surface area contributed by atoms with E-state index in [4.69, 9.17) is 14.5 Å². The maximum absolute atomic E-state index is 5.60. The molecule has 140 valence electrons. The summed E-state index contributed by atoms with van der Waals surface area (Å²) in [5, 5.41) is 4.44. The van der Waals surface area contributed by atoms with Gasteiger partial charge in [-0.3, -0.25) is 0 Å². The molecule has 0 amide bonds. The van der Waals surface area contributed by atoms with Crippen LogP contribution in [0.1, 0.15) is 35.0 Å². The highest BCUT2D eigenvalue weighted by molar-refractivity contribution is 5.73. The average Bonchev–Trinajstić information content (AvgIpc) is 3.35. The third kappa shape index (κ3) is 2.71. The van der Waals surface area contributed by atoms with Crippen LogP contribution in [-0.2, 0) is 17.7 Å². The van der Waals surface area contributed by atoms with Crippen LogP contribution in [-0.4, -0.2) is 51.4 Å². The first kappa shape index (κ1) is 16.4. The molecule has 0 bridgehead atoms. The van der Waals surface area contributed by atoms with Crippen LogP contribution in [0, 0.1) is 6.92 Å². The number of imidazole rings is 1. The normalized spacial score (nSPS) is 19.5. The van der Waals surface area contributed by atoms with Gasteiger partial charge in [0.15, 0.2) is 5.82 Å². The fraction of sp³-hybridized carbons (Fsp3) is 0.474. The number of nitrogens with zero attached hydrogens (tertiary/aromatic N) is 6. The van der Waals surface area contributed by atoms with E-state index < -0.39 is 0 Å². The van der Waals surface area contributed by atoms with Gasteiger partial charge >= 0.3 is 0 Å². The maximum atomic E-state index is 5.60. The number of ether oxygens (including phenoxy) is 2. The summed E-state index contributed by atoms with van der Waals surface area (Å²) in [5.74, 6) is 2.80. The lowest BCUT2D eigenvalue weighted by molar-refractivity contribution is 0.193. The van der Waals surface area contributed by atoms with Gasteiger partial charge in [-0.2, -0.15) is 5.10 Å². The van der Waals surface area contributed by atoms with E-state index in [2.05, 4.69) is 20.0 Å². The van der Waals surface area contributed by atoms with Crippen LogP contribution in [0.15, 0.2) is 18.6 Å². The zero-order chi connectivity index (χ0) is 18.4. The van der Waals surface area contributed by atoms with Gasteiger partial charge in [0.05, 0.1) is 19.4 Å². The van der Waals surface area contributed by atoms with Crippen LogP contribution < -0.4 is 9.64 Å². The Morgan fingerprint density at radius 3 is 3.00 bits per heavy atom. The first-order chi connectivity index (χ1) is 13.2. The van der Waals surface area contributed by atoms with E-state index in [1.165, 1.54) is 11.1 Å². The van der Waals surface area contributed by atoms with Crippen molar-refractivity contribution in [2.75, 3.05) is 31.8 Å². The van der Waals surface area contributed by atoms with Crippen molar-refractivity contribution >= 4 is 11.3 Å². The topological polar surface area (TPSA) is 77.7 Å². The average molecular weight is 366 g/mol. The molecule has 5 heterocycles. The Morgan fingerprint density at radius 2 is 2.19 bits per heavy atom. The molecule has 0 spiro atoms. The highest BCUT2D eigenvalue weighted by Crippen LogP contribution is 2.34. The molecule has 1 atom stereocenters. The summed E-state index contributed by atoms with van der Waals surface area (Å²) in [7, 11) is 1.65. The Kier molecular flexibility index (Phi) is 3.93. The smallest absolute Gasteiger partial charge is 0.213 e. The number of pyridine rings is 1. The monoisotopic (exact) mass is 366 g/mol. The lowest BCUT2D eigenvalue weighted by Crippen LogP contribution is -2.32. The predicted octanol–water partition coefficient (Wildman–Crippen LogP) is 1.90. The Balaban J connectivity index is 1.57. The molecule has 3 aromatic heterocycles. The van der Waals surface area contributed by atoms with Gasteiger partial charge in [0.1, 0.15) is 17.7 Å². The molecule has 3 aromatic rings. The van der Waals surface area contributed by atoms with Gasteiger partial charge in [0.25, 0.3) is 0 Å². The molecule has 5 rings (SSSR count). The van der Waals surface area contributed by atoms with E-state index in [9.17, 15) is 0 Å². The van der Waals surface area contributed by atoms with Crippen LogP contribution in [0.3, 0.4) is 0 Å². The molecule has 2 aliphatic rings. The molecular weight excluding hydrogens is 344 g/mol. The fourth-order valence-corrected chi connectivity index (χ4v) is 4.07. The summed E-state index contributed by atoms with van der Waals surface area (Å²) in [4.78, 5) is 16.1. The van der Waals surface area contributed by atoms with Gasteiger partial charge in [-0.15, -0.1) is 0 Å². The maximum Gasteiger partial charge on any atom is 0.213 e. The van der Waals surface area contributed by atoms with Crippen molar-refractivity contribution in [1.82, 2.24) is 24.6 Å². The SMILES string of the molecule is COc1cc2c(cn1)CN(c1ncnn3c(C)nc([C@@H]4CCOC4)c13)CC2. The summed E-state index contributed by atoms with van der Waals surface area (Å²) in [6.45, 7) is 5.15. The molecule has 0 aromatic carbocycles. The molecule has 1 fully saturated rings. The number of anilines is 1. The Bertz CT molecular complexity index is 995. The number of rotatable bonds is 3. The van der Waals surface area contributed by atoms with Crippen molar-refractivity contribution in [3.05, 3.63) is 41.2 Å². The van der Waals surface area contributed by atoms with Crippen LogP contribution in [0.5, 0.6) is 5.88 Å². The third-order valence-electron chi connectivity index (χ3n) is 5.50. The summed E-state index contributed by atoms with van der Waals surface area (Å²) < 4.78 is 12.8. The van der Waals surface area contributed by atoms with Crippen molar-refractivity contribution in [1.29, 1.82) is 0 Å². The van der Waals surface area contributed by atoms with Crippen LogP contribution in [0.2, 0.25) is 0 Å². The first-order valence-corrected chi connectivity index (χ1v) is 9.29. The standard InChI is InChI=1S/C19H22N6O2/c1-12-23-17(14-4-6-27-10-14)18-19(21-11-22-25(12)18)24-5-3-13-7-16(26-2)20-8-15(13)9-24/h7-8,11,14H,3-6,9-10H2,1-2H3/t14-/m1/s1. The second kappa shape index (κ2) is 6.45. The molecule has 8 heteroatoms. The summed E-state index contributed by atoms with van der Waals surface area (Å²) in [5.41, 5.74) is 4.56. The highest BCUT2D eigenvalue weighted by atomic mass is 16.5. The van der Waals surface area contributed by atoms with E-state index in [0.29, 0.717) is 18.4 Å². The van der Waals surface area contributed by atoms with Crippen molar-refractivity contribution in [3.8, 4) is 5.88 Å². The molecule has 0 radical (unpaired) electrons. The Morgan fingerprint density at radius 1 is 1.26 bits per heavy atom. The first-order valence-electron chi connectivity index (χ1n) is 9.29. The van der Waals surface area contributed by atoms with E-state index >= 15 is 0 Å². The van der Waals surface area contributed by atoms with E-state index in [1.54, 1.807) is 13.4 Å². The van der Waals surface area contributed by atoms with Gasteiger partial charge in [0, 0.05) is 37.9 Å². The van der Waals surface area contributed by atoms with Gasteiger partial charge < -0.3 is 14.4 Å². The second-order valence-electron chi connectivity index (χ2n) is 7.12. The van der Waals surface area contributed by atoms with Gasteiger partial charge in [-0.1, -0.05) is 0 Å². The molecular formula is C19H22N6O2. The minimum Gasteiger partial charge on any atom is -0.481 e. The number of aryl methyl sites for hydroxylation is 1. The molecule has 0 saturated carbocycles. The van der Waals surface area contributed by atoms with Crippen molar-refractivity contribution < 1.29 is 9.47 Å². The van der Waals surface area contributed by atoms with E-state index in [-0.39, 0.29) is 0 Å². The molecule has 2 aliphatic heterocycles. The summed E-state index contributed by atoms with van der Waals surface area (Å²) >= 11 is 0. The second-order valence-corrected chi connectivity index (χ2v) is 7.12. The van der Waals surface area contributed by atoms with Crippen molar-refractivity contribution in [2.24, 2.45) is 0 Å². The van der Waals surface area contributed by atoms with E-state index in [1.807, 2.05) is 23.7 Å². The molecule has 27 heavy (non-hydrogen) atoms. The van der Waals surface area contributed by atoms with Gasteiger partial charge in [-0.05, 0) is 30.9 Å². The Labute approximate surface area is 157 Å². The number of aromatic nitrogens is 5. The number of hydrogen-bond acceptors (Lipinski definition) is 7. The lowest BCUT2D eigenvalue weighted by Gasteiger charge is -2.30. The predicted molar refractivity (Wildman–Crippen MR) is 99.2 cm³/mol. The summed E-state index contributed by atoms with van der Waals surface area (Å²) in [6, 6.07) is 2.03. The molecule has 1 saturated heterocycles. The lowest BCUT2D eigenvalue weighted by atomic mass is 10.0. The summed E-state index contributed by atoms with van der Waals surface area (Å²) in [6.07, 6.45) is 5.45. The van der Waals surface area contributed by atoms with Crippen molar-refractivity contribution in [2.45, 2.75) is 32.2 Å². The van der Waals surface area contributed by atoms with Crippen LogP contribution >= 0.6 is 0 Å². The van der Waals surface area contributed by atoms with Crippen molar-refractivity contribution in [3.63, 3.8) is 0 Å². The number of methoxy groups -OCH3 is 1.